The number of hydrogen-bond donors (Lipinski definition) is 2. The van der Waals surface area contributed by atoms with E-state index in [1.54, 1.807) is 12.2 Å². The number of halogens is 3. The Labute approximate surface area is 116 Å². The van der Waals surface area contributed by atoms with Crippen LogP contribution in [0.1, 0.15) is 16.1 Å². The predicted molar refractivity (Wildman–Crippen MR) is 68.1 cm³/mol. The van der Waals surface area contributed by atoms with E-state index in [4.69, 9.17) is 5.11 Å². The number of alkyl halides is 3. The van der Waals surface area contributed by atoms with E-state index in [1.807, 2.05) is 0 Å². The van der Waals surface area contributed by atoms with Crippen LogP contribution in [0, 0.1) is 6.92 Å². The Bertz CT molecular complexity index is 741. The van der Waals surface area contributed by atoms with Crippen molar-refractivity contribution >= 4 is 28.3 Å². The van der Waals surface area contributed by atoms with Crippen molar-refractivity contribution in [1.29, 1.82) is 0 Å². The van der Waals surface area contributed by atoms with Crippen molar-refractivity contribution < 1.29 is 27.9 Å². The quantitative estimate of drug-likeness (QED) is 0.893. The molecule has 0 saturated heterocycles. The van der Waals surface area contributed by atoms with Crippen LogP contribution >= 0.6 is 0 Å². The molecule has 0 unspecified atom stereocenters. The molecule has 2 aromatic rings. The number of nitrogens with one attached hydrogen (secondary N) is 1. The number of rotatable bonds is 2. The number of carbonyl (C=O) groups excluding carboxylic acids is 1. The molecule has 0 aliphatic heterocycles. The lowest BCUT2D eigenvalue weighted by atomic mass is 10.0. The Balaban J connectivity index is 2.64. The first-order valence-corrected chi connectivity index (χ1v) is 5.71. The predicted octanol–water partition coefficient (Wildman–Crippen LogP) is 2.74. The van der Waals surface area contributed by atoms with Crippen molar-refractivity contribution in [2.75, 3.05) is 5.32 Å². The van der Waals surface area contributed by atoms with E-state index >= 15 is 0 Å². The van der Waals surface area contributed by atoms with Crippen LogP contribution in [0.4, 0.5) is 18.9 Å². The van der Waals surface area contributed by atoms with Crippen molar-refractivity contribution in [1.82, 2.24) is 4.98 Å². The Morgan fingerprint density at radius 1 is 1.29 bits per heavy atom. The van der Waals surface area contributed by atoms with E-state index in [0.29, 0.717) is 5.56 Å². The lowest BCUT2D eigenvalue weighted by Crippen LogP contribution is -2.30. The fraction of sp³-hybridized carbons (Fsp3) is 0.154. The summed E-state index contributed by atoms with van der Waals surface area (Å²) in [6, 6.07) is 4.04. The topological polar surface area (TPSA) is 79.3 Å². The largest absolute Gasteiger partial charge is 0.476 e. The Kier molecular flexibility index (Phi) is 3.54. The van der Waals surface area contributed by atoms with Gasteiger partial charge in [0, 0.05) is 22.7 Å². The number of fused-ring (bicyclic) bond motifs is 1. The van der Waals surface area contributed by atoms with Crippen molar-refractivity contribution in [3.8, 4) is 0 Å². The molecule has 1 amide bonds. The van der Waals surface area contributed by atoms with Crippen LogP contribution in [0.2, 0.25) is 0 Å². The second kappa shape index (κ2) is 5.04. The molecule has 1 aromatic heterocycles. The van der Waals surface area contributed by atoms with E-state index in [0.717, 1.165) is 0 Å². The SMILES string of the molecule is Cc1cnc(C(=O)O)c2cccc(NC(=O)C(F)(F)F)c12. The summed E-state index contributed by atoms with van der Waals surface area (Å²) in [7, 11) is 0. The first-order valence-electron chi connectivity index (χ1n) is 5.71. The van der Waals surface area contributed by atoms with Crippen LogP contribution in [0.3, 0.4) is 0 Å². The lowest BCUT2D eigenvalue weighted by Gasteiger charge is -2.13. The number of benzene rings is 1. The van der Waals surface area contributed by atoms with Gasteiger partial charge in [-0.25, -0.2) is 9.78 Å². The molecule has 1 heterocycles. The molecule has 0 spiro atoms. The van der Waals surface area contributed by atoms with E-state index in [9.17, 15) is 22.8 Å². The monoisotopic (exact) mass is 298 g/mol. The van der Waals surface area contributed by atoms with Crippen LogP contribution < -0.4 is 5.32 Å². The normalized spacial score (nSPS) is 11.4. The van der Waals surface area contributed by atoms with Gasteiger partial charge in [0.15, 0.2) is 5.69 Å². The van der Waals surface area contributed by atoms with E-state index in [1.165, 1.54) is 24.4 Å². The number of hydrogen-bond acceptors (Lipinski definition) is 3. The number of aromatic nitrogens is 1. The zero-order chi connectivity index (χ0) is 15.8. The van der Waals surface area contributed by atoms with Crippen LogP contribution in [-0.4, -0.2) is 28.1 Å². The first-order chi connectivity index (χ1) is 9.71. The maximum absolute atomic E-state index is 12.3. The molecule has 0 fully saturated rings. The van der Waals surface area contributed by atoms with Gasteiger partial charge in [0.05, 0.1) is 0 Å². The van der Waals surface area contributed by atoms with Gasteiger partial charge in [0.25, 0.3) is 0 Å². The zero-order valence-corrected chi connectivity index (χ0v) is 10.7. The zero-order valence-electron chi connectivity index (χ0n) is 10.7. The molecule has 0 saturated carbocycles. The highest BCUT2D eigenvalue weighted by Gasteiger charge is 2.39. The summed E-state index contributed by atoms with van der Waals surface area (Å²) in [5.41, 5.74) is 0.0454. The van der Waals surface area contributed by atoms with Crippen molar-refractivity contribution in [2.45, 2.75) is 13.1 Å². The molecule has 8 heteroatoms. The van der Waals surface area contributed by atoms with Gasteiger partial charge >= 0.3 is 18.1 Å². The van der Waals surface area contributed by atoms with Crippen LogP contribution in [0.25, 0.3) is 10.8 Å². The van der Waals surface area contributed by atoms with E-state index < -0.39 is 18.1 Å². The Morgan fingerprint density at radius 2 is 1.95 bits per heavy atom. The molecular formula is C13H9F3N2O3. The Hall–Kier alpha value is -2.64. The first kappa shape index (κ1) is 14.8. The van der Waals surface area contributed by atoms with Crippen molar-refractivity contribution in [3.05, 3.63) is 35.7 Å². The summed E-state index contributed by atoms with van der Waals surface area (Å²) in [5, 5.41) is 11.2. The molecule has 0 bridgehead atoms. The van der Waals surface area contributed by atoms with Crippen molar-refractivity contribution in [3.63, 3.8) is 0 Å². The number of aromatic carboxylic acids is 1. The second-order valence-electron chi connectivity index (χ2n) is 4.27. The van der Waals surface area contributed by atoms with Gasteiger partial charge in [-0.2, -0.15) is 13.2 Å². The minimum Gasteiger partial charge on any atom is -0.476 e. The third-order valence-electron chi connectivity index (χ3n) is 2.81. The molecule has 110 valence electrons. The van der Waals surface area contributed by atoms with E-state index in [-0.39, 0.29) is 22.2 Å². The lowest BCUT2D eigenvalue weighted by molar-refractivity contribution is -0.167. The fourth-order valence-corrected chi connectivity index (χ4v) is 1.94. The van der Waals surface area contributed by atoms with E-state index in [2.05, 4.69) is 4.98 Å². The van der Waals surface area contributed by atoms with Crippen molar-refractivity contribution in [2.24, 2.45) is 0 Å². The minimum absolute atomic E-state index is 0.114. The van der Waals surface area contributed by atoms with Gasteiger partial charge in [0.2, 0.25) is 0 Å². The van der Waals surface area contributed by atoms with Gasteiger partial charge in [-0.05, 0) is 18.6 Å². The summed E-state index contributed by atoms with van der Waals surface area (Å²) in [6.07, 6.45) is -3.80. The molecule has 5 nitrogen and oxygen atoms in total. The van der Waals surface area contributed by atoms with Gasteiger partial charge in [-0.1, -0.05) is 12.1 Å². The summed E-state index contributed by atoms with van der Waals surface area (Å²) in [5.74, 6) is -3.43. The number of carboxylic acids is 1. The van der Waals surface area contributed by atoms with Gasteiger partial charge in [-0.15, -0.1) is 0 Å². The van der Waals surface area contributed by atoms with Crippen LogP contribution in [-0.2, 0) is 4.79 Å². The third-order valence-corrected chi connectivity index (χ3v) is 2.81. The minimum atomic E-state index is -5.03. The second-order valence-corrected chi connectivity index (χ2v) is 4.27. The highest BCUT2D eigenvalue weighted by atomic mass is 19.4. The summed E-state index contributed by atoms with van der Waals surface area (Å²) < 4.78 is 37.0. The number of nitrogens with zero attached hydrogens (tertiary/aromatic N) is 1. The number of aryl methyl sites for hydroxylation is 1. The maximum atomic E-state index is 12.3. The number of amides is 1. The highest BCUT2D eigenvalue weighted by Crippen LogP contribution is 2.29. The Morgan fingerprint density at radius 3 is 2.52 bits per heavy atom. The summed E-state index contributed by atoms with van der Waals surface area (Å²) in [6.45, 7) is 1.56. The summed E-state index contributed by atoms with van der Waals surface area (Å²) in [4.78, 5) is 25.9. The smallest absolute Gasteiger partial charge is 0.471 e. The van der Waals surface area contributed by atoms with Crippen LogP contribution in [0.15, 0.2) is 24.4 Å². The average Bonchev–Trinajstić information content (AvgIpc) is 2.37. The molecule has 2 rings (SSSR count). The molecule has 0 aliphatic rings. The number of pyridine rings is 1. The molecule has 1 aromatic carbocycles. The molecule has 2 N–H and O–H groups in total. The summed E-state index contributed by atoms with van der Waals surface area (Å²) >= 11 is 0. The molecule has 21 heavy (non-hydrogen) atoms. The fourth-order valence-electron chi connectivity index (χ4n) is 1.94. The number of anilines is 1. The highest BCUT2D eigenvalue weighted by molar-refractivity contribution is 6.10. The molecule has 0 atom stereocenters. The van der Waals surface area contributed by atoms with Gasteiger partial charge < -0.3 is 10.4 Å². The standard InChI is InChI=1S/C13H9F3N2O3/c1-6-5-17-10(11(19)20)7-3-2-4-8(9(6)7)18-12(21)13(14,15)16/h2-5H,1H3,(H,18,21)(H,19,20). The van der Waals surface area contributed by atoms with Crippen LogP contribution in [0.5, 0.6) is 0 Å². The third kappa shape index (κ3) is 2.78. The molecular weight excluding hydrogens is 289 g/mol. The molecule has 0 aliphatic carbocycles. The average molecular weight is 298 g/mol. The number of carbonyl (C=O) groups is 2. The molecule has 0 radical (unpaired) electrons. The maximum Gasteiger partial charge on any atom is 0.471 e. The van der Waals surface area contributed by atoms with Gasteiger partial charge in [0.1, 0.15) is 0 Å². The number of carboxylic acid groups (broad SMARTS) is 1. The van der Waals surface area contributed by atoms with Gasteiger partial charge in [-0.3, -0.25) is 4.79 Å².